The van der Waals surface area contributed by atoms with Gasteiger partial charge in [-0.25, -0.2) is 4.98 Å². The van der Waals surface area contributed by atoms with E-state index >= 15 is 0 Å². The van der Waals surface area contributed by atoms with E-state index in [4.69, 9.17) is 28.2 Å². The van der Waals surface area contributed by atoms with Crippen molar-refractivity contribution in [3.8, 4) is 0 Å². The highest BCUT2D eigenvalue weighted by molar-refractivity contribution is 7.98. The van der Waals surface area contributed by atoms with E-state index in [2.05, 4.69) is 0 Å². The molecule has 0 aliphatic carbocycles. The number of nitrogens with zero attached hydrogens (tertiary/aromatic N) is 2. The second-order valence-electron chi connectivity index (χ2n) is 6.28. The first-order valence-corrected chi connectivity index (χ1v) is 11.3. The van der Waals surface area contributed by atoms with E-state index in [1.165, 1.54) is 11.3 Å². The number of thioether (sulfide) groups is 1. The van der Waals surface area contributed by atoms with Gasteiger partial charge in [0.2, 0.25) is 0 Å². The number of aryl methyl sites for hydroxylation is 1. The van der Waals surface area contributed by atoms with Crippen LogP contribution < -0.4 is 5.56 Å². The molecular formula is C21H16Cl2N2OS2. The molecule has 0 amide bonds. The van der Waals surface area contributed by atoms with E-state index in [-0.39, 0.29) is 5.56 Å². The summed E-state index contributed by atoms with van der Waals surface area (Å²) < 4.78 is 2.49. The molecule has 4 aromatic rings. The number of benzene rings is 2. The standard InChI is InChI=1S/C21H16Cl2N2OS2/c22-16-5-1-14(2-6-16)9-11-25-20(26)19-18(10-12-27-19)24-21(25)28-13-15-3-7-17(23)8-4-15/h1-8,10,12H,9,11,13H2. The van der Waals surface area contributed by atoms with Gasteiger partial charge in [0, 0.05) is 22.3 Å². The molecule has 0 atom stereocenters. The molecule has 3 nitrogen and oxygen atoms in total. The largest absolute Gasteiger partial charge is 0.286 e. The van der Waals surface area contributed by atoms with Crippen LogP contribution in [0, 0.1) is 0 Å². The fourth-order valence-electron chi connectivity index (χ4n) is 2.85. The molecule has 0 aliphatic rings. The summed E-state index contributed by atoms with van der Waals surface area (Å²) in [6.07, 6.45) is 0.740. The number of hydrogen-bond donors (Lipinski definition) is 0. The van der Waals surface area contributed by atoms with Gasteiger partial charge in [-0.2, -0.15) is 0 Å². The molecule has 2 aromatic heterocycles. The van der Waals surface area contributed by atoms with Crippen molar-refractivity contribution in [1.82, 2.24) is 9.55 Å². The van der Waals surface area contributed by atoms with Crippen LogP contribution in [0.5, 0.6) is 0 Å². The second-order valence-corrected chi connectivity index (χ2v) is 9.01. The molecule has 0 saturated heterocycles. The van der Waals surface area contributed by atoms with E-state index in [9.17, 15) is 4.79 Å². The smallest absolute Gasteiger partial charge is 0.272 e. The van der Waals surface area contributed by atoms with E-state index in [0.29, 0.717) is 21.3 Å². The maximum Gasteiger partial charge on any atom is 0.272 e. The van der Waals surface area contributed by atoms with Gasteiger partial charge in [-0.3, -0.25) is 9.36 Å². The minimum Gasteiger partial charge on any atom is -0.286 e. The molecule has 0 saturated carbocycles. The van der Waals surface area contributed by atoms with Gasteiger partial charge in [-0.15, -0.1) is 11.3 Å². The molecule has 0 bridgehead atoms. The van der Waals surface area contributed by atoms with Crippen molar-refractivity contribution in [2.24, 2.45) is 0 Å². The van der Waals surface area contributed by atoms with Gasteiger partial charge in [0.25, 0.3) is 5.56 Å². The first-order chi connectivity index (χ1) is 13.6. The second kappa shape index (κ2) is 8.70. The van der Waals surface area contributed by atoms with E-state index in [1.54, 1.807) is 16.3 Å². The Labute approximate surface area is 181 Å². The normalized spacial score (nSPS) is 11.2. The van der Waals surface area contributed by atoms with Crippen LogP contribution in [0.15, 0.2) is 69.9 Å². The van der Waals surface area contributed by atoms with Gasteiger partial charge in [0.1, 0.15) is 4.70 Å². The maximum atomic E-state index is 13.0. The van der Waals surface area contributed by atoms with Crippen LogP contribution in [-0.4, -0.2) is 9.55 Å². The minimum atomic E-state index is 0.0209. The first kappa shape index (κ1) is 19.5. The molecule has 0 spiro atoms. The van der Waals surface area contributed by atoms with Gasteiger partial charge in [-0.05, 0) is 53.3 Å². The highest BCUT2D eigenvalue weighted by Crippen LogP contribution is 2.25. The van der Waals surface area contributed by atoms with Crippen LogP contribution in [0.25, 0.3) is 10.2 Å². The Bertz CT molecular complexity index is 1150. The van der Waals surface area contributed by atoms with Gasteiger partial charge < -0.3 is 0 Å². The number of aromatic nitrogens is 2. The third-order valence-electron chi connectivity index (χ3n) is 4.35. The lowest BCUT2D eigenvalue weighted by Crippen LogP contribution is -2.23. The summed E-state index contributed by atoms with van der Waals surface area (Å²) in [5.41, 5.74) is 3.05. The average molecular weight is 447 g/mol. The third kappa shape index (κ3) is 4.44. The molecule has 2 aromatic carbocycles. The van der Waals surface area contributed by atoms with Gasteiger partial charge in [0.05, 0.1) is 5.52 Å². The highest BCUT2D eigenvalue weighted by Gasteiger charge is 2.13. The first-order valence-electron chi connectivity index (χ1n) is 8.70. The molecule has 0 aliphatic heterocycles. The third-order valence-corrected chi connectivity index (χ3v) is 6.79. The molecule has 4 rings (SSSR count). The number of hydrogen-bond acceptors (Lipinski definition) is 4. The quantitative estimate of drug-likeness (QED) is 0.257. The number of halogens is 2. The highest BCUT2D eigenvalue weighted by atomic mass is 35.5. The Balaban J connectivity index is 1.61. The van der Waals surface area contributed by atoms with E-state index < -0.39 is 0 Å². The monoisotopic (exact) mass is 446 g/mol. The summed E-state index contributed by atoms with van der Waals surface area (Å²) in [6.45, 7) is 0.574. The summed E-state index contributed by atoms with van der Waals surface area (Å²) in [4.78, 5) is 17.8. The lowest BCUT2D eigenvalue weighted by molar-refractivity contribution is 0.596. The zero-order chi connectivity index (χ0) is 19.5. The zero-order valence-electron chi connectivity index (χ0n) is 14.8. The minimum absolute atomic E-state index is 0.0209. The van der Waals surface area contributed by atoms with Gasteiger partial charge in [-0.1, -0.05) is 59.2 Å². The van der Waals surface area contributed by atoms with Gasteiger partial charge in [0.15, 0.2) is 5.16 Å². The van der Waals surface area contributed by atoms with Crippen LogP contribution in [0.3, 0.4) is 0 Å². The summed E-state index contributed by atoms with van der Waals surface area (Å²) in [7, 11) is 0. The van der Waals surface area contributed by atoms with Crippen molar-refractivity contribution in [3.05, 3.63) is 91.5 Å². The van der Waals surface area contributed by atoms with Crippen LogP contribution in [0.4, 0.5) is 0 Å². The SMILES string of the molecule is O=c1c2sccc2nc(SCc2ccc(Cl)cc2)n1CCc1ccc(Cl)cc1. The van der Waals surface area contributed by atoms with Gasteiger partial charge >= 0.3 is 0 Å². The lowest BCUT2D eigenvalue weighted by Gasteiger charge is -2.12. The summed E-state index contributed by atoms with van der Waals surface area (Å²) in [5, 5.41) is 4.07. The molecule has 0 N–H and O–H groups in total. The fraction of sp³-hybridized carbons (Fsp3) is 0.143. The summed E-state index contributed by atoms with van der Waals surface area (Å²) >= 11 is 14.9. The lowest BCUT2D eigenvalue weighted by atomic mass is 10.1. The van der Waals surface area contributed by atoms with Crippen LogP contribution in [0.2, 0.25) is 10.0 Å². The molecule has 7 heteroatoms. The molecule has 0 unspecified atom stereocenters. The summed E-state index contributed by atoms with van der Waals surface area (Å²) in [5.74, 6) is 0.722. The number of rotatable bonds is 6. The van der Waals surface area contributed by atoms with Crippen molar-refractivity contribution in [3.63, 3.8) is 0 Å². The van der Waals surface area contributed by atoms with Crippen LogP contribution in [-0.2, 0) is 18.7 Å². The molecule has 0 fully saturated rings. The Morgan fingerprint density at radius 1 is 0.929 bits per heavy atom. The molecule has 142 valence electrons. The molecule has 28 heavy (non-hydrogen) atoms. The van der Waals surface area contributed by atoms with Crippen molar-refractivity contribution in [2.45, 2.75) is 23.9 Å². The maximum absolute atomic E-state index is 13.0. The fourth-order valence-corrected chi connectivity index (χ4v) is 4.86. The molecule has 0 radical (unpaired) electrons. The average Bonchev–Trinajstić information content (AvgIpc) is 3.17. The van der Waals surface area contributed by atoms with Crippen molar-refractivity contribution >= 4 is 56.5 Å². The topological polar surface area (TPSA) is 34.9 Å². The van der Waals surface area contributed by atoms with E-state index in [1.807, 2.05) is 60.0 Å². The summed E-state index contributed by atoms with van der Waals surface area (Å²) in [6, 6.07) is 17.4. The Morgan fingerprint density at radius 3 is 2.25 bits per heavy atom. The van der Waals surface area contributed by atoms with Crippen molar-refractivity contribution < 1.29 is 0 Å². The molecule has 2 heterocycles. The van der Waals surface area contributed by atoms with Crippen molar-refractivity contribution in [1.29, 1.82) is 0 Å². The van der Waals surface area contributed by atoms with Crippen LogP contribution >= 0.6 is 46.3 Å². The van der Waals surface area contributed by atoms with E-state index in [0.717, 1.165) is 34.0 Å². The number of thiophene rings is 1. The Kier molecular flexibility index (Phi) is 6.07. The van der Waals surface area contributed by atoms with Crippen LogP contribution in [0.1, 0.15) is 11.1 Å². The van der Waals surface area contributed by atoms with Crippen molar-refractivity contribution in [2.75, 3.05) is 0 Å². The zero-order valence-corrected chi connectivity index (χ0v) is 17.9. The number of fused-ring (bicyclic) bond motifs is 1. The predicted molar refractivity (Wildman–Crippen MR) is 120 cm³/mol. The Morgan fingerprint density at radius 2 is 1.57 bits per heavy atom. The predicted octanol–water partition coefficient (Wildman–Crippen LogP) is 6.30. The Hall–Kier alpha value is -1.79. The molecular weight excluding hydrogens is 431 g/mol.